The highest BCUT2D eigenvalue weighted by molar-refractivity contribution is 9.50. The second-order valence-electron chi connectivity index (χ2n) is 1.23. The minimum absolute atomic E-state index is 0.430. The first-order valence-corrected chi connectivity index (χ1v) is 5.13. The van der Waals surface area contributed by atoms with Gasteiger partial charge in [0, 0.05) is 12.4 Å². The molecule has 48 valence electrons. The highest BCUT2D eigenvalue weighted by atomic mass is 79.9. The molecule has 0 saturated heterocycles. The van der Waals surface area contributed by atoms with Crippen molar-refractivity contribution in [2.75, 3.05) is 0 Å². The lowest BCUT2D eigenvalue weighted by Gasteiger charge is -1.91. The largest absolute Gasteiger partial charge is 0.244 e. The number of nitrogens with zero attached hydrogens (tertiary/aromatic N) is 2. The molecule has 0 aromatic carbocycles. The monoisotopic (exact) mass is 224 g/mol. The fraction of sp³-hybridized carbons (Fsp3) is 0. The van der Waals surface area contributed by atoms with E-state index in [1.165, 1.54) is 10.2 Å². The smallest absolute Gasteiger partial charge is 0.162 e. The molecule has 0 unspecified atom stereocenters. The van der Waals surface area contributed by atoms with Gasteiger partial charge in [-0.1, -0.05) is 11.6 Å². The molecule has 0 bridgehead atoms. The minimum atomic E-state index is 0.430. The van der Waals surface area contributed by atoms with Gasteiger partial charge in [-0.3, -0.25) is 0 Å². The van der Waals surface area contributed by atoms with Crippen LogP contribution in [0.2, 0.25) is 5.15 Å². The van der Waals surface area contributed by atoms with Crippen LogP contribution in [0.3, 0.4) is 0 Å². The molecule has 0 amide bonds. The van der Waals surface area contributed by atoms with E-state index in [-0.39, 0.29) is 0 Å². The maximum absolute atomic E-state index is 5.60. The summed E-state index contributed by atoms with van der Waals surface area (Å²) in [7, 11) is 1.30. The van der Waals surface area contributed by atoms with Crippen molar-refractivity contribution in [3.63, 3.8) is 0 Å². The third kappa shape index (κ3) is 1.81. The molecule has 1 aromatic rings. The van der Waals surface area contributed by atoms with Gasteiger partial charge in [-0.15, -0.1) is 0 Å². The van der Waals surface area contributed by atoms with Crippen molar-refractivity contribution in [3.8, 4) is 0 Å². The highest BCUT2D eigenvalue weighted by Gasteiger charge is 1.97. The normalized spacial score (nSPS) is 9.56. The second-order valence-corrected chi connectivity index (χ2v) is 3.10. The maximum Gasteiger partial charge on any atom is 0.162 e. The Morgan fingerprint density at radius 2 is 2.11 bits per heavy atom. The zero-order chi connectivity index (χ0) is 6.69. The third-order valence-corrected chi connectivity index (χ3v) is 2.45. The summed E-state index contributed by atoms with van der Waals surface area (Å²) >= 11 is 8.74. The van der Waals surface area contributed by atoms with E-state index >= 15 is 0 Å². The van der Waals surface area contributed by atoms with Crippen LogP contribution in [0.25, 0.3) is 0 Å². The van der Waals surface area contributed by atoms with Gasteiger partial charge in [0.25, 0.3) is 0 Å². The first-order chi connectivity index (χ1) is 4.34. The molecule has 0 aliphatic heterocycles. The lowest BCUT2D eigenvalue weighted by molar-refractivity contribution is 1.06. The Labute approximate surface area is 69.2 Å². The average molecular weight is 225 g/mol. The van der Waals surface area contributed by atoms with E-state index in [4.69, 9.17) is 11.6 Å². The summed E-state index contributed by atoms with van der Waals surface area (Å²) in [5.74, 6) is 0. The summed E-state index contributed by atoms with van der Waals surface area (Å²) in [6.45, 7) is 0. The molecule has 0 radical (unpaired) electrons. The average Bonchev–Trinajstić information content (AvgIpc) is 1.89. The molecule has 5 heteroatoms. The van der Waals surface area contributed by atoms with Crippen molar-refractivity contribution < 1.29 is 0 Å². The quantitative estimate of drug-likeness (QED) is 0.734. The molecule has 0 fully saturated rings. The number of hydrogen-bond acceptors (Lipinski definition) is 3. The van der Waals surface area contributed by atoms with Crippen LogP contribution in [-0.4, -0.2) is 9.97 Å². The van der Waals surface area contributed by atoms with Crippen LogP contribution in [0.15, 0.2) is 17.4 Å². The lowest BCUT2D eigenvalue weighted by Crippen LogP contribution is -1.80. The third-order valence-electron chi connectivity index (χ3n) is 0.696. The minimum Gasteiger partial charge on any atom is -0.244 e. The van der Waals surface area contributed by atoms with E-state index < -0.39 is 0 Å². The van der Waals surface area contributed by atoms with E-state index in [0.717, 1.165) is 0 Å². The number of rotatable bonds is 1. The fourth-order valence-corrected chi connectivity index (χ4v) is 1.79. The van der Waals surface area contributed by atoms with Crippen LogP contribution in [0.1, 0.15) is 0 Å². The second kappa shape index (κ2) is 3.39. The molecule has 1 aromatic heterocycles. The maximum atomic E-state index is 5.60. The molecule has 1 rings (SSSR count). The van der Waals surface area contributed by atoms with Gasteiger partial charge in [-0.25, -0.2) is 9.97 Å². The van der Waals surface area contributed by atoms with Crippen molar-refractivity contribution in [2.24, 2.45) is 0 Å². The Balaban J connectivity index is 3.01. The van der Waals surface area contributed by atoms with E-state index in [9.17, 15) is 0 Å². The SMILES string of the molecule is Clc1nccnc1SBr. The summed E-state index contributed by atoms with van der Waals surface area (Å²) in [5.41, 5.74) is 0. The van der Waals surface area contributed by atoms with Crippen LogP contribution < -0.4 is 0 Å². The van der Waals surface area contributed by atoms with Crippen molar-refractivity contribution >= 4 is 36.6 Å². The molecule has 0 saturated carbocycles. The van der Waals surface area contributed by atoms with Crippen LogP contribution >= 0.6 is 36.6 Å². The zero-order valence-electron chi connectivity index (χ0n) is 4.21. The molecular formula is C4H2BrClN2S. The van der Waals surface area contributed by atoms with Crippen molar-refractivity contribution in [1.82, 2.24) is 9.97 Å². The van der Waals surface area contributed by atoms with Crippen molar-refractivity contribution in [2.45, 2.75) is 5.03 Å². The molecule has 0 atom stereocenters. The van der Waals surface area contributed by atoms with Gasteiger partial charge in [0.1, 0.15) is 5.03 Å². The lowest BCUT2D eigenvalue weighted by atomic mass is 10.8. The summed E-state index contributed by atoms with van der Waals surface area (Å²) in [6.07, 6.45) is 3.14. The summed E-state index contributed by atoms with van der Waals surface area (Å²) < 4.78 is 0. The predicted octanol–water partition coefficient (Wildman–Crippen LogP) is 2.53. The summed E-state index contributed by atoms with van der Waals surface area (Å²) in [5, 5.41) is 1.12. The molecule has 0 aliphatic carbocycles. The van der Waals surface area contributed by atoms with E-state index in [2.05, 4.69) is 24.8 Å². The van der Waals surface area contributed by atoms with Crippen LogP contribution in [-0.2, 0) is 0 Å². The number of aromatic nitrogens is 2. The van der Waals surface area contributed by atoms with Gasteiger partial charge < -0.3 is 0 Å². The van der Waals surface area contributed by atoms with Gasteiger partial charge in [-0.05, 0) is 25.0 Å². The molecular weight excluding hydrogens is 223 g/mol. The van der Waals surface area contributed by atoms with Gasteiger partial charge in [0.2, 0.25) is 0 Å². The summed E-state index contributed by atoms with van der Waals surface area (Å²) in [6, 6.07) is 0. The molecule has 0 spiro atoms. The molecule has 9 heavy (non-hydrogen) atoms. The van der Waals surface area contributed by atoms with E-state index in [1.807, 2.05) is 0 Å². The van der Waals surface area contributed by atoms with Crippen LogP contribution in [0.5, 0.6) is 0 Å². The standard InChI is InChI=1S/C4H2BrClN2S/c5-9-4-3(6)7-1-2-8-4/h1-2H. The molecule has 2 nitrogen and oxygen atoms in total. The first kappa shape index (κ1) is 7.31. The Hall–Kier alpha value is 0.200. The molecule has 1 heterocycles. The van der Waals surface area contributed by atoms with Gasteiger partial charge in [0.15, 0.2) is 5.15 Å². The Morgan fingerprint density at radius 3 is 2.56 bits per heavy atom. The fourth-order valence-electron chi connectivity index (χ4n) is 0.360. The molecule has 0 aliphatic rings. The highest BCUT2D eigenvalue weighted by Crippen LogP contribution is 2.26. The van der Waals surface area contributed by atoms with Crippen molar-refractivity contribution in [1.29, 1.82) is 0 Å². The Morgan fingerprint density at radius 1 is 1.44 bits per heavy atom. The first-order valence-electron chi connectivity index (χ1n) is 2.09. The van der Waals surface area contributed by atoms with Crippen LogP contribution in [0.4, 0.5) is 0 Å². The van der Waals surface area contributed by atoms with Gasteiger partial charge >= 0.3 is 0 Å². The Bertz CT molecular complexity index is 208. The van der Waals surface area contributed by atoms with Crippen molar-refractivity contribution in [3.05, 3.63) is 17.5 Å². The van der Waals surface area contributed by atoms with Crippen LogP contribution in [0, 0.1) is 0 Å². The summed E-state index contributed by atoms with van der Waals surface area (Å²) in [4.78, 5) is 7.72. The van der Waals surface area contributed by atoms with E-state index in [0.29, 0.717) is 10.2 Å². The zero-order valence-corrected chi connectivity index (χ0v) is 7.37. The number of halogens is 2. The molecule has 0 N–H and O–H groups in total. The number of hydrogen-bond donors (Lipinski definition) is 0. The predicted molar refractivity (Wildman–Crippen MR) is 41.8 cm³/mol. The van der Waals surface area contributed by atoms with Gasteiger partial charge in [0.05, 0.1) is 0 Å². The topological polar surface area (TPSA) is 25.8 Å². The van der Waals surface area contributed by atoms with Gasteiger partial charge in [-0.2, -0.15) is 0 Å². The Kier molecular flexibility index (Phi) is 2.75. The van der Waals surface area contributed by atoms with E-state index in [1.54, 1.807) is 12.4 Å².